The van der Waals surface area contributed by atoms with E-state index in [1.54, 1.807) is 10.9 Å². The van der Waals surface area contributed by atoms with E-state index in [0.717, 1.165) is 4.34 Å². The van der Waals surface area contributed by atoms with Crippen LogP contribution in [0.2, 0.25) is 0 Å². The molecule has 0 aliphatic carbocycles. The minimum atomic E-state index is -1.03. The number of carboxylic acids is 1. The lowest BCUT2D eigenvalue weighted by Crippen LogP contribution is -2.72. The third-order valence-corrected chi connectivity index (χ3v) is 6.22. The van der Waals surface area contributed by atoms with E-state index in [1.165, 1.54) is 39.8 Å². The lowest BCUT2D eigenvalue weighted by molar-refractivity contribution is -0.157. The molecule has 7 nitrogen and oxygen atoms in total. The van der Waals surface area contributed by atoms with Gasteiger partial charge in [0.1, 0.15) is 16.9 Å². The SMILES string of the molecule is NC1C(=O)N2C(C(=O)O)C(CSc3nncs3)=CS[C@H]12. The van der Waals surface area contributed by atoms with Crippen molar-refractivity contribution in [2.75, 3.05) is 5.75 Å². The van der Waals surface area contributed by atoms with E-state index in [1.807, 2.05) is 0 Å². The molecule has 3 rings (SSSR count). The molecule has 10 heteroatoms. The van der Waals surface area contributed by atoms with Crippen LogP contribution < -0.4 is 5.73 Å². The van der Waals surface area contributed by atoms with Crippen LogP contribution in [0.15, 0.2) is 20.8 Å². The molecule has 2 aliphatic rings. The van der Waals surface area contributed by atoms with Crippen LogP contribution in [0.5, 0.6) is 0 Å². The molecular formula is C10H10N4O3S3. The van der Waals surface area contributed by atoms with Crippen LogP contribution in [0.1, 0.15) is 0 Å². The molecule has 106 valence electrons. The Hall–Kier alpha value is -1.10. The quantitative estimate of drug-likeness (QED) is 0.595. The molecule has 1 amide bonds. The van der Waals surface area contributed by atoms with Gasteiger partial charge in [0.05, 0.1) is 0 Å². The summed E-state index contributed by atoms with van der Waals surface area (Å²) < 4.78 is 0.772. The second kappa shape index (κ2) is 5.35. The molecule has 2 aliphatic heterocycles. The molecule has 0 bridgehead atoms. The first kappa shape index (κ1) is 13.9. The van der Waals surface area contributed by atoms with Crippen LogP contribution in [0, 0.1) is 0 Å². The predicted molar refractivity (Wildman–Crippen MR) is 76.3 cm³/mol. The Labute approximate surface area is 126 Å². The number of thioether (sulfide) groups is 2. The van der Waals surface area contributed by atoms with Crippen molar-refractivity contribution in [3.05, 3.63) is 16.5 Å². The summed E-state index contributed by atoms with van der Waals surface area (Å²) >= 11 is 4.21. The predicted octanol–water partition coefficient (Wildman–Crippen LogP) is 0.210. The summed E-state index contributed by atoms with van der Waals surface area (Å²) in [6.45, 7) is 0. The average Bonchev–Trinajstić information content (AvgIpc) is 2.96. The van der Waals surface area contributed by atoms with E-state index in [4.69, 9.17) is 5.73 Å². The van der Waals surface area contributed by atoms with Crippen LogP contribution in [0.3, 0.4) is 0 Å². The number of hydrogen-bond acceptors (Lipinski definition) is 8. The molecule has 1 aromatic rings. The molecule has 1 saturated heterocycles. The summed E-state index contributed by atoms with van der Waals surface area (Å²) in [5.74, 6) is -0.869. The lowest BCUT2D eigenvalue weighted by atomic mass is 10.00. The Morgan fingerprint density at radius 1 is 1.60 bits per heavy atom. The largest absolute Gasteiger partial charge is 0.479 e. The van der Waals surface area contributed by atoms with Crippen molar-refractivity contribution in [1.29, 1.82) is 0 Å². The Morgan fingerprint density at radius 2 is 2.40 bits per heavy atom. The number of aromatic nitrogens is 2. The fourth-order valence-electron chi connectivity index (χ4n) is 2.10. The normalized spacial score (nSPS) is 28.6. The number of carbonyl (C=O) groups is 2. The standard InChI is InChI=1S/C10H10N4O3S3/c11-5-7(15)14-6(9(16)17)4(1-18-8(5)14)2-19-10-13-12-3-20-10/h1,3,5-6,8H,2,11H2,(H,16,17)/t5?,6?,8-/m1/s1. The summed E-state index contributed by atoms with van der Waals surface area (Å²) in [4.78, 5) is 24.6. The maximum atomic E-state index is 11.8. The van der Waals surface area contributed by atoms with Gasteiger partial charge in [0, 0.05) is 5.75 Å². The Morgan fingerprint density at radius 3 is 3.05 bits per heavy atom. The van der Waals surface area contributed by atoms with E-state index in [-0.39, 0.29) is 11.3 Å². The minimum Gasteiger partial charge on any atom is -0.479 e. The number of carbonyl (C=O) groups excluding carboxylic acids is 1. The number of nitrogens with zero attached hydrogens (tertiary/aromatic N) is 3. The van der Waals surface area contributed by atoms with Crippen molar-refractivity contribution in [2.45, 2.75) is 21.8 Å². The van der Waals surface area contributed by atoms with Crippen LogP contribution in [-0.2, 0) is 9.59 Å². The van der Waals surface area contributed by atoms with Crippen molar-refractivity contribution >= 4 is 46.7 Å². The molecule has 3 N–H and O–H groups in total. The number of nitrogens with two attached hydrogens (primary N) is 1. The molecule has 1 fully saturated rings. The van der Waals surface area contributed by atoms with Crippen molar-refractivity contribution in [2.24, 2.45) is 5.73 Å². The van der Waals surface area contributed by atoms with Gasteiger partial charge in [-0.2, -0.15) is 0 Å². The highest BCUT2D eigenvalue weighted by atomic mass is 32.2. The smallest absolute Gasteiger partial charge is 0.330 e. The van der Waals surface area contributed by atoms with Gasteiger partial charge in [0.25, 0.3) is 0 Å². The zero-order valence-electron chi connectivity index (χ0n) is 10.0. The van der Waals surface area contributed by atoms with Gasteiger partial charge in [-0.05, 0) is 11.0 Å². The summed E-state index contributed by atoms with van der Waals surface area (Å²) in [7, 11) is 0. The summed E-state index contributed by atoms with van der Waals surface area (Å²) in [5, 5.41) is 18.5. The Kier molecular flexibility index (Phi) is 3.71. The van der Waals surface area contributed by atoms with Gasteiger partial charge < -0.3 is 15.7 Å². The molecule has 20 heavy (non-hydrogen) atoms. The van der Waals surface area contributed by atoms with E-state index >= 15 is 0 Å². The topological polar surface area (TPSA) is 109 Å². The van der Waals surface area contributed by atoms with Gasteiger partial charge in [0.2, 0.25) is 5.91 Å². The van der Waals surface area contributed by atoms with Gasteiger partial charge in [-0.1, -0.05) is 23.1 Å². The molecule has 0 saturated carbocycles. The number of hydrogen-bond donors (Lipinski definition) is 2. The molecule has 0 spiro atoms. The van der Waals surface area contributed by atoms with E-state index in [2.05, 4.69) is 10.2 Å². The molecule has 3 atom stereocenters. The van der Waals surface area contributed by atoms with E-state index in [0.29, 0.717) is 11.3 Å². The van der Waals surface area contributed by atoms with Crippen molar-refractivity contribution in [1.82, 2.24) is 15.1 Å². The second-order valence-corrected chi connectivity index (χ2v) is 7.27. The second-order valence-electron chi connectivity index (χ2n) is 4.22. The van der Waals surface area contributed by atoms with Gasteiger partial charge in [-0.25, -0.2) is 4.79 Å². The molecule has 3 heterocycles. The maximum absolute atomic E-state index is 11.8. The third-order valence-electron chi connectivity index (χ3n) is 3.05. The van der Waals surface area contributed by atoms with Gasteiger partial charge in [-0.15, -0.1) is 22.0 Å². The number of rotatable bonds is 4. The average molecular weight is 330 g/mol. The van der Waals surface area contributed by atoms with E-state index in [9.17, 15) is 14.7 Å². The minimum absolute atomic E-state index is 0.265. The van der Waals surface area contributed by atoms with Gasteiger partial charge >= 0.3 is 5.97 Å². The highest BCUT2D eigenvalue weighted by molar-refractivity contribution is 8.03. The number of fused-ring (bicyclic) bond motifs is 1. The number of β-lactam (4-membered cyclic amide) rings is 1. The van der Waals surface area contributed by atoms with Crippen molar-refractivity contribution < 1.29 is 14.7 Å². The molecule has 2 unspecified atom stereocenters. The van der Waals surface area contributed by atoms with Crippen LogP contribution >= 0.6 is 34.9 Å². The van der Waals surface area contributed by atoms with Crippen molar-refractivity contribution in [3.63, 3.8) is 0 Å². The van der Waals surface area contributed by atoms with Crippen LogP contribution in [0.4, 0.5) is 0 Å². The van der Waals surface area contributed by atoms with Crippen molar-refractivity contribution in [3.8, 4) is 0 Å². The highest BCUT2D eigenvalue weighted by Crippen LogP contribution is 2.40. The first-order valence-electron chi connectivity index (χ1n) is 5.63. The summed E-state index contributed by atoms with van der Waals surface area (Å²) in [6, 6.07) is -1.52. The van der Waals surface area contributed by atoms with Gasteiger partial charge in [0.15, 0.2) is 10.4 Å². The summed E-state index contributed by atoms with van der Waals surface area (Å²) in [5.41, 5.74) is 7.98. The first-order chi connectivity index (χ1) is 9.59. The Balaban J connectivity index is 1.77. The monoisotopic (exact) mass is 330 g/mol. The third kappa shape index (κ3) is 2.22. The number of carboxylic acid groups (broad SMARTS) is 1. The fourth-order valence-corrected chi connectivity index (χ4v) is 4.86. The lowest BCUT2D eigenvalue weighted by Gasteiger charge is -2.50. The summed E-state index contributed by atoms with van der Waals surface area (Å²) in [6.07, 6.45) is 0. The maximum Gasteiger partial charge on any atom is 0.330 e. The molecule has 1 aromatic heterocycles. The molecular weight excluding hydrogens is 320 g/mol. The molecule has 0 radical (unpaired) electrons. The van der Waals surface area contributed by atoms with E-state index < -0.39 is 18.1 Å². The van der Waals surface area contributed by atoms with Crippen LogP contribution in [-0.4, -0.2) is 55.3 Å². The van der Waals surface area contributed by atoms with Crippen LogP contribution in [0.25, 0.3) is 0 Å². The Bertz CT molecular complexity index is 576. The zero-order valence-corrected chi connectivity index (χ0v) is 12.5. The highest BCUT2D eigenvalue weighted by Gasteiger charge is 2.53. The number of aliphatic carboxylic acids is 1. The fraction of sp³-hybridized carbons (Fsp3) is 0.400. The first-order valence-corrected chi connectivity index (χ1v) is 8.44. The zero-order chi connectivity index (χ0) is 14.3. The van der Waals surface area contributed by atoms with Gasteiger partial charge in [-0.3, -0.25) is 4.79 Å². The molecule has 0 aromatic carbocycles. The number of amides is 1.